The maximum absolute atomic E-state index is 14.6. The molecule has 0 unspecified atom stereocenters. The summed E-state index contributed by atoms with van der Waals surface area (Å²) in [6.45, 7) is 2.26. The monoisotopic (exact) mass is 446 g/mol. The first kappa shape index (κ1) is 24.3. The highest BCUT2D eigenvalue weighted by molar-refractivity contribution is 6.25. The van der Waals surface area contributed by atoms with Gasteiger partial charge in [-0.15, -0.1) is 0 Å². The third kappa shape index (κ3) is 7.64. The highest BCUT2D eigenvalue weighted by Gasteiger charge is 2.21. The second kappa shape index (κ2) is 12.6. The van der Waals surface area contributed by atoms with Crippen molar-refractivity contribution in [1.82, 2.24) is 0 Å². The van der Waals surface area contributed by atoms with Crippen LogP contribution in [0.15, 0.2) is 23.7 Å². The molecule has 0 nitrogen and oxygen atoms in total. The summed E-state index contributed by atoms with van der Waals surface area (Å²) < 4.78 is 29.2. The van der Waals surface area contributed by atoms with Gasteiger partial charge >= 0.3 is 0 Å². The maximum atomic E-state index is 14.6. The summed E-state index contributed by atoms with van der Waals surface area (Å²) in [4.78, 5) is 0. The van der Waals surface area contributed by atoms with Crippen molar-refractivity contribution in [2.45, 2.75) is 90.4 Å². The first-order chi connectivity index (χ1) is 15.1. The molecule has 2 aliphatic rings. The van der Waals surface area contributed by atoms with Crippen LogP contribution < -0.4 is 0 Å². The van der Waals surface area contributed by atoms with Crippen LogP contribution in [0.25, 0.3) is 0 Å². The molecule has 0 radical (unpaired) electrons. The van der Waals surface area contributed by atoms with E-state index in [1.54, 1.807) is 5.54 Å². The van der Waals surface area contributed by atoms with Crippen molar-refractivity contribution in [1.29, 1.82) is 0 Å². The Labute approximate surface area is 192 Å². The largest absolute Gasteiger partial charge is 0.206 e. The van der Waals surface area contributed by atoms with Crippen LogP contribution >= 0.6 is 11.6 Å². The second-order valence-electron chi connectivity index (χ2n) is 9.70. The fourth-order valence-electron chi connectivity index (χ4n) is 5.29. The predicted octanol–water partition coefficient (Wildman–Crippen LogP) is 8.80. The normalized spacial score (nSPS) is 26.6. The van der Waals surface area contributed by atoms with Gasteiger partial charge in [0.2, 0.25) is 0 Å². The molecule has 170 valence electrons. The number of unbranched alkanes of at least 4 members (excludes halogenated alkanes) is 1. The summed E-state index contributed by atoms with van der Waals surface area (Å²) >= 11 is 5.66. The number of allylic oxidation sites excluding steroid dienone is 1. The molecule has 2 saturated carbocycles. The van der Waals surface area contributed by atoms with Gasteiger partial charge in [0.25, 0.3) is 0 Å². The zero-order valence-electron chi connectivity index (χ0n) is 18.9. The third-order valence-corrected chi connectivity index (χ3v) is 7.54. The lowest BCUT2D eigenvalue weighted by Crippen LogP contribution is -2.15. The van der Waals surface area contributed by atoms with Gasteiger partial charge in [-0.1, -0.05) is 81.4 Å². The summed E-state index contributed by atoms with van der Waals surface area (Å²) in [6, 6.07) is 3.00. The van der Waals surface area contributed by atoms with Crippen molar-refractivity contribution in [3.05, 3.63) is 46.5 Å². The maximum Gasteiger partial charge on any atom is 0.142 e. The molecule has 1 aromatic rings. The van der Waals surface area contributed by atoms with Crippen LogP contribution in [0.4, 0.5) is 8.78 Å². The van der Waals surface area contributed by atoms with Gasteiger partial charge in [-0.2, -0.15) is 0 Å². The number of hydrogen-bond acceptors (Lipinski definition) is 0. The van der Waals surface area contributed by atoms with Crippen molar-refractivity contribution in [3.63, 3.8) is 0 Å². The quantitative estimate of drug-likeness (QED) is 0.367. The van der Waals surface area contributed by atoms with Crippen LogP contribution in [-0.2, 0) is 6.42 Å². The molecular formula is C28H37ClF2. The Morgan fingerprint density at radius 1 is 0.935 bits per heavy atom. The molecule has 0 N–H and O–H groups in total. The van der Waals surface area contributed by atoms with E-state index in [1.165, 1.54) is 57.1 Å². The van der Waals surface area contributed by atoms with Gasteiger partial charge in [-0.25, -0.2) is 8.78 Å². The fraction of sp³-hybridized carbons (Fsp3) is 0.643. The SMILES string of the molecule is CCCC[C@H]1CC[C@H](CCc2cc(F)c(C#C[C@H]3CC[C@H](C=CCl)CC3)c(F)c2)CC1. The minimum atomic E-state index is -0.510. The Bertz CT molecular complexity index is 749. The smallest absolute Gasteiger partial charge is 0.142 e. The van der Waals surface area contributed by atoms with Crippen molar-refractivity contribution >= 4 is 11.6 Å². The molecule has 0 aliphatic heterocycles. The highest BCUT2D eigenvalue weighted by atomic mass is 35.5. The number of aryl methyl sites for hydroxylation is 1. The van der Waals surface area contributed by atoms with Gasteiger partial charge < -0.3 is 0 Å². The van der Waals surface area contributed by atoms with Crippen LogP contribution in [-0.4, -0.2) is 0 Å². The Morgan fingerprint density at radius 3 is 2.13 bits per heavy atom. The summed E-state index contributed by atoms with van der Waals surface area (Å²) in [5.41, 5.74) is 2.28. The minimum Gasteiger partial charge on any atom is -0.206 e. The topological polar surface area (TPSA) is 0 Å². The molecule has 2 fully saturated rings. The molecule has 3 rings (SSSR count). The molecule has 0 spiro atoms. The molecule has 0 atom stereocenters. The van der Waals surface area contributed by atoms with E-state index in [1.807, 2.05) is 6.08 Å². The number of hydrogen-bond donors (Lipinski definition) is 0. The van der Waals surface area contributed by atoms with E-state index in [9.17, 15) is 8.78 Å². The lowest BCUT2D eigenvalue weighted by atomic mass is 9.78. The molecule has 3 heteroatoms. The summed E-state index contributed by atoms with van der Waals surface area (Å²) in [5.74, 6) is 7.23. The van der Waals surface area contributed by atoms with Gasteiger partial charge in [0.15, 0.2) is 0 Å². The molecule has 0 aromatic heterocycles. The molecule has 0 heterocycles. The first-order valence-electron chi connectivity index (χ1n) is 12.3. The lowest BCUT2D eigenvalue weighted by molar-refractivity contribution is 0.250. The van der Waals surface area contributed by atoms with E-state index in [2.05, 4.69) is 18.8 Å². The number of rotatable bonds is 7. The van der Waals surface area contributed by atoms with E-state index in [0.717, 1.165) is 50.0 Å². The Morgan fingerprint density at radius 2 is 1.55 bits per heavy atom. The van der Waals surface area contributed by atoms with Gasteiger partial charge in [-0.3, -0.25) is 0 Å². The Kier molecular flexibility index (Phi) is 9.92. The van der Waals surface area contributed by atoms with Crippen LogP contribution in [0.3, 0.4) is 0 Å². The van der Waals surface area contributed by atoms with Crippen molar-refractivity contribution in [3.8, 4) is 11.8 Å². The Balaban J connectivity index is 1.50. The van der Waals surface area contributed by atoms with Gasteiger partial charge in [0.1, 0.15) is 11.6 Å². The van der Waals surface area contributed by atoms with Crippen molar-refractivity contribution < 1.29 is 8.78 Å². The minimum absolute atomic E-state index is 0.0667. The molecule has 0 bridgehead atoms. The highest BCUT2D eigenvalue weighted by Crippen LogP contribution is 2.34. The standard InChI is InChI=1S/C28H37ClF2/c1-2-3-4-21-5-7-22(8-6-21)13-14-25-19-27(30)26(28(31)20-25)16-15-23-9-11-24(12-10-23)17-18-29/h17-24H,2-14H2,1H3/t21-,22-,23-,24-. The number of halogens is 3. The Hall–Kier alpha value is -1.33. The van der Waals surface area contributed by atoms with Crippen LogP contribution in [0.2, 0.25) is 0 Å². The molecule has 31 heavy (non-hydrogen) atoms. The molecule has 2 aliphatic carbocycles. The van der Waals surface area contributed by atoms with E-state index < -0.39 is 11.6 Å². The fourth-order valence-corrected chi connectivity index (χ4v) is 5.50. The predicted molar refractivity (Wildman–Crippen MR) is 127 cm³/mol. The number of benzene rings is 1. The van der Waals surface area contributed by atoms with Crippen LogP contribution in [0.1, 0.15) is 95.1 Å². The van der Waals surface area contributed by atoms with E-state index in [0.29, 0.717) is 11.8 Å². The van der Waals surface area contributed by atoms with E-state index in [4.69, 9.17) is 11.6 Å². The molecule has 0 saturated heterocycles. The van der Waals surface area contributed by atoms with Crippen LogP contribution in [0.5, 0.6) is 0 Å². The summed E-state index contributed by atoms with van der Waals surface area (Å²) in [7, 11) is 0. The van der Waals surface area contributed by atoms with Gasteiger partial charge in [0, 0.05) is 11.5 Å². The first-order valence-corrected chi connectivity index (χ1v) is 12.8. The van der Waals surface area contributed by atoms with Gasteiger partial charge in [-0.05, 0) is 74.0 Å². The molecular weight excluding hydrogens is 410 g/mol. The van der Waals surface area contributed by atoms with Gasteiger partial charge in [0.05, 0.1) is 5.56 Å². The van der Waals surface area contributed by atoms with Crippen LogP contribution in [0, 0.1) is 47.1 Å². The summed E-state index contributed by atoms with van der Waals surface area (Å²) in [5, 5.41) is 0. The van der Waals surface area contributed by atoms with E-state index in [-0.39, 0.29) is 11.5 Å². The molecule has 1 aromatic carbocycles. The lowest BCUT2D eigenvalue weighted by Gasteiger charge is -2.28. The van der Waals surface area contributed by atoms with E-state index >= 15 is 0 Å². The second-order valence-corrected chi connectivity index (χ2v) is 9.95. The summed E-state index contributed by atoms with van der Waals surface area (Å²) in [6.07, 6.45) is 17.0. The average molecular weight is 447 g/mol. The average Bonchev–Trinajstić information content (AvgIpc) is 2.77. The van der Waals surface area contributed by atoms with Crippen molar-refractivity contribution in [2.24, 2.45) is 23.7 Å². The zero-order valence-corrected chi connectivity index (χ0v) is 19.7. The third-order valence-electron chi connectivity index (χ3n) is 7.39. The van der Waals surface area contributed by atoms with Crippen molar-refractivity contribution in [2.75, 3.05) is 0 Å². The molecule has 0 amide bonds. The zero-order chi connectivity index (χ0) is 22.1.